The number of rotatable bonds is 7. The number of esters is 1. The van der Waals surface area contributed by atoms with Crippen molar-refractivity contribution < 1.29 is 29.0 Å². The van der Waals surface area contributed by atoms with Gasteiger partial charge in [-0.25, -0.2) is 9.48 Å². The molecule has 1 fully saturated rings. The molecule has 2 aliphatic heterocycles. The highest BCUT2D eigenvalue weighted by Gasteiger charge is 2.54. The third kappa shape index (κ3) is 4.60. The van der Waals surface area contributed by atoms with E-state index in [-0.39, 0.29) is 23.6 Å². The maximum absolute atomic E-state index is 13.4. The van der Waals surface area contributed by atoms with E-state index in [1.54, 1.807) is 10.9 Å². The molecule has 188 valence electrons. The molecule has 3 heterocycles. The van der Waals surface area contributed by atoms with E-state index < -0.39 is 35.2 Å². The van der Waals surface area contributed by atoms with Gasteiger partial charge in [-0.05, 0) is 12.1 Å². The second-order valence-corrected chi connectivity index (χ2v) is 9.54. The van der Waals surface area contributed by atoms with Gasteiger partial charge in [0.15, 0.2) is 0 Å². The number of carboxylic acid groups (broad SMARTS) is 1. The van der Waals surface area contributed by atoms with Crippen LogP contribution in [0, 0.1) is 0 Å². The van der Waals surface area contributed by atoms with Gasteiger partial charge in [-0.1, -0.05) is 48.5 Å². The summed E-state index contributed by atoms with van der Waals surface area (Å²) < 4.78 is 6.56. The van der Waals surface area contributed by atoms with Crippen LogP contribution in [0.15, 0.2) is 78.1 Å². The number of hydrogen-bond donors (Lipinski definition) is 2. The Hall–Kier alpha value is -4.38. The van der Waals surface area contributed by atoms with E-state index in [0.717, 1.165) is 16.2 Å². The van der Waals surface area contributed by atoms with E-state index in [4.69, 9.17) is 4.74 Å². The lowest BCUT2D eigenvalue weighted by atomic mass is 10.0. The first-order valence-electron chi connectivity index (χ1n) is 11.4. The third-order valence-electron chi connectivity index (χ3n) is 6.01. The molecule has 0 saturated carbocycles. The fourth-order valence-corrected chi connectivity index (χ4v) is 5.59. The minimum Gasteiger partial charge on any atom is -0.477 e. The summed E-state index contributed by atoms with van der Waals surface area (Å²) in [5.41, 5.74) is 2.37. The van der Waals surface area contributed by atoms with Gasteiger partial charge in [-0.15, -0.1) is 11.8 Å². The predicted octanol–water partition coefficient (Wildman–Crippen LogP) is 2.45. The zero-order valence-corrected chi connectivity index (χ0v) is 20.5. The van der Waals surface area contributed by atoms with Crippen molar-refractivity contribution in [2.45, 2.75) is 18.3 Å². The van der Waals surface area contributed by atoms with E-state index in [2.05, 4.69) is 10.4 Å². The molecular weight excluding hydrogens is 496 g/mol. The van der Waals surface area contributed by atoms with Gasteiger partial charge in [0.05, 0.1) is 11.3 Å². The zero-order chi connectivity index (χ0) is 26.1. The zero-order valence-electron chi connectivity index (χ0n) is 19.7. The highest BCUT2D eigenvalue weighted by Crippen LogP contribution is 2.40. The number of aliphatic carboxylic acids is 1. The second-order valence-electron chi connectivity index (χ2n) is 8.44. The molecule has 3 aromatic rings. The van der Waals surface area contributed by atoms with Crippen molar-refractivity contribution in [2.75, 3.05) is 12.4 Å². The summed E-state index contributed by atoms with van der Waals surface area (Å²) in [5, 5.41) is 16.6. The summed E-state index contributed by atoms with van der Waals surface area (Å²) in [4.78, 5) is 50.7. The molecule has 37 heavy (non-hydrogen) atoms. The smallest absolute Gasteiger partial charge is 0.352 e. The SMILES string of the molecule is CC(=O)OCC1=C(C(=O)O)N2C(=O)[C@H](NC(=O)c3cn(-c4ccccc4)nc3-c3ccccc3)[C@@H]2SC1. The highest BCUT2D eigenvalue weighted by atomic mass is 32.2. The standard InChI is InChI=1S/C26H22N4O6S/c1-15(31)36-13-17-14-37-25-21(24(33)30(25)22(17)26(34)35)27-23(32)19-12-29(18-10-6-3-7-11-18)28-20(19)16-8-4-2-5-9-16/h2-12,21,25H,13-14H2,1H3,(H,27,32)(H,34,35)/t21-,25-/m0/s1. The second kappa shape index (κ2) is 9.94. The van der Waals surface area contributed by atoms with Gasteiger partial charge in [0.25, 0.3) is 11.8 Å². The molecule has 0 bridgehead atoms. The quantitative estimate of drug-likeness (QED) is 0.360. The van der Waals surface area contributed by atoms with Gasteiger partial charge in [-0.2, -0.15) is 5.10 Å². The molecule has 5 rings (SSSR count). The van der Waals surface area contributed by atoms with Gasteiger partial charge in [0.2, 0.25) is 0 Å². The van der Waals surface area contributed by atoms with E-state index in [9.17, 15) is 24.3 Å². The van der Waals surface area contributed by atoms with Crippen molar-refractivity contribution >= 4 is 35.5 Å². The van der Waals surface area contributed by atoms with Crippen LogP contribution in [0.5, 0.6) is 0 Å². The van der Waals surface area contributed by atoms with Crippen molar-refractivity contribution in [3.05, 3.63) is 83.7 Å². The molecule has 10 nitrogen and oxygen atoms in total. The Morgan fingerprint density at radius 2 is 1.78 bits per heavy atom. The number of aromatic nitrogens is 2. The number of nitrogens with one attached hydrogen (secondary N) is 1. The molecule has 2 aromatic carbocycles. The number of hydrogen-bond acceptors (Lipinski definition) is 7. The monoisotopic (exact) mass is 518 g/mol. The number of fused-ring (bicyclic) bond motifs is 1. The summed E-state index contributed by atoms with van der Waals surface area (Å²) in [6, 6.07) is 17.7. The van der Waals surface area contributed by atoms with Crippen LogP contribution in [0.3, 0.4) is 0 Å². The molecule has 1 saturated heterocycles. The van der Waals surface area contributed by atoms with Crippen LogP contribution in [0.25, 0.3) is 16.9 Å². The minimum absolute atomic E-state index is 0.206. The number of benzene rings is 2. The Kier molecular flexibility index (Phi) is 6.53. The summed E-state index contributed by atoms with van der Waals surface area (Å²) >= 11 is 1.30. The normalized spacial score (nSPS) is 18.6. The van der Waals surface area contributed by atoms with Crippen LogP contribution in [0.1, 0.15) is 17.3 Å². The topological polar surface area (TPSA) is 131 Å². The predicted molar refractivity (Wildman–Crippen MR) is 135 cm³/mol. The van der Waals surface area contributed by atoms with Gasteiger partial charge in [0.1, 0.15) is 29.4 Å². The number of β-lactam (4-membered cyclic amide) rings is 1. The Bertz CT molecular complexity index is 1420. The molecule has 11 heteroatoms. The Labute approximate surface area is 215 Å². The van der Waals surface area contributed by atoms with Crippen LogP contribution in [0.4, 0.5) is 0 Å². The Morgan fingerprint density at radius 1 is 1.11 bits per heavy atom. The van der Waals surface area contributed by atoms with Crippen molar-refractivity contribution in [3.63, 3.8) is 0 Å². The van der Waals surface area contributed by atoms with Gasteiger partial charge in [-0.3, -0.25) is 19.3 Å². The Morgan fingerprint density at radius 3 is 2.43 bits per heavy atom. The summed E-state index contributed by atoms with van der Waals surface area (Å²) in [6.07, 6.45) is 1.61. The highest BCUT2D eigenvalue weighted by molar-refractivity contribution is 8.00. The minimum atomic E-state index is -1.29. The van der Waals surface area contributed by atoms with Crippen LogP contribution >= 0.6 is 11.8 Å². The molecule has 0 aliphatic carbocycles. The summed E-state index contributed by atoms with van der Waals surface area (Å²) in [7, 11) is 0. The van der Waals surface area contributed by atoms with E-state index in [0.29, 0.717) is 11.3 Å². The lowest BCUT2D eigenvalue weighted by Crippen LogP contribution is -2.70. The maximum Gasteiger partial charge on any atom is 0.352 e. The molecule has 2 N–H and O–H groups in total. The van der Waals surface area contributed by atoms with Crippen LogP contribution < -0.4 is 5.32 Å². The number of para-hydroxylation sites is 1. The van der Waals surface area contributed by atoms with E-state index in [1.807, 2.05) is 60.7 Å². The fourth-order valence-electron chi connectivity index (χ4n) is 4.26. The summed E-state index contributed by atoms with van der Waals surface area (Å²) in [5.74, 6) is -2.63. The number of thioether (sulfide) groups is 1. The molecule has 0 spiro atoms. The van der Waals surface area contributed by atoms with Crippen molar-refractivity contribution in [3.8, 4) is 16.9 Å². The van der Waals surface area contributed by atoms with Crippen LogP contribution in [-0.4, -0.2) is 67.3 Å². The number of carbonyl (C=O) groups is 4. The third-order valence-corrected chi connectivity index (χ3v) is 7.35. The van der Waals surface area contributed by atoms with E-state index >= 15 is 0 Å². The average Bonchev–Trinajstić information content (AvgIpc) is 3.36. The van der Waals surface area contributed by atoms with Crippen molar-refractivity contribution in [1.29, 1.82) is 0 Å². The first-order chi connectivity index (χ1) is 17.8. The van der Waals surface area contributed by atoms with Crippen molar-refractivity contribution in [1.82, 2.24) is 20.0 Å². The van der Waals surface area contributed by atoms with Gasteiger partial charge < -0.3 is 15.2 Å². The van der Waals surface area contributed by atoms with Gasteiger partial charge in [0, 0.05) is 30.0 Å². The number of nitrogens with zero attached hydrogens (tertiary/aromatic N) is 3. The molecule has 2 atom stereocenters. The molecule has 0 radical (unpaired) electrons. The molecule has 1 aromatic heterocycles. The number of carboxylic acids is 1. The maximum atomic E-state index is 13.4. The molecular formula is C26H22N4O6S. The average molecular weight is 519 g/mol. The van der Waals surface area contributed by atoms with Crippen LogP contribution in [-0.2, 0) is 19.1 Å². The van der Waals surface area contributed by atoms with E-state index in [1.165, 1.54) is 18.7 Å². The fraction of sp³-hybridized carbons (Fsp3) is 0.192. The first-order valence-corrected chi connectivity index (χ1v) is 12.4. The van der Waals surface area contributed by atoms with Gasteiger partial charge >= 0.3 is 11.9 Å². The summed E-state index contributed by atoms with van der Waals surface area (Å²) in [6.45, 7) is 1.01. The van der Waals surface area contributed by atoms with Crippen LogP contribution in [0.2, 0.25) is 0 Å². The molecule has 2 amide bonds. The lowest BCUT2D eigenvalue weighted by molar-refractivity contribution is -0.149. The van der Waals surface area contributed by atoms with Crippen molar-refractivity contribution in [2.24, 2.45) is 0 Å². The number of carbonyl (C=O) groups excluding carboxylic acids is 3. The Balaban J connectivity index is 1.41. The first kappa shape index (κ1) is 24.3. The number of ether oxygens (including phenoxy) is 1. The molecule has 0 unspecified atom stereocenters. The largest absolute Gasteiger partial charge is 0.477 e. The number of amides is 2. The lowest BCUT2D eigenvalue weighted by Gasteiger charge is -2.49. The molecule has 2 aliphatic rings.